The summed E-state index contributed by atoms with van der Waals surface area (Å²) in [5, 5.41) is 8.78. The van der Waals surface area contributed by atoms with E-state index < -0.39 is 15.9 Å². The van der Waals surface area contributed by atoms with Crippen LogP contribution in [0, 0.1) is 0 Å². The zero-order valence-electron chi connectivity index (χ0n) is 11.2. The van der Waals surface area contributed by atoms with Crippen molar-refractivity contribution < 1.29 is 27.8 Å². The lowest BCUT2D eigenvalue weighted by atomic mass is 10.1. The molecule has 0 saturated heterocycles. The first-order valence-corrected chi connectivity index (χ1v) is 8.12. The molecule has 1 N–H and O–H groups in total. The molecule has 21 heavy (non-hydrogen) atoms. The van der Waals surface area contributed by atoms with E-state index in [-0.39, 0.29) is 36.0 Å². The number of aliphatic hydroxyl groups excluding tert-OH is 1. The zero-order valence-corrected chi connectivity index (χ0v) is 12.1. The van der Waals surface area contributed by atoms with E-state index in [1.54, 1.807) is 0 Å². The Morgan fingerprint density at radius 3 is 2.71 bits per heavy atom. The van der Waals surface area contributed by atoms with E-state index >= 15 is 0 Å². The predicted octanol–water partition coefficient (Wildman–Crippen LogP) is 0.375. The fraction of sp³-hybridized carbons (Fsp3) is 0.462. The van der Waals surface area contributed by atoms with Gasteiger partial charge in [-0.05, 0) is 25.0 Å². The fourth-order valence-electron chi connectivity index (χ4n) is 2.46. The standard InChI is InChI=1S/C13H15NO6S/c15-6-2-1-5-14-13(16)11-10(21(14,17)18)4-3-9-12(11)20-8-7-19-9/h3-4,15H,1-2,5-8H2. The molecule has 0 spiro atoms. The van der Waals surface area contributed by atoms with Gasteiger partial charge in [-0.2, -0.15) is 0 Å². The second kappa shape index (κ2) is 5.19. The lowest BCUT2D eigenvalue weighted by molar-refractivity contribution is 0.0857. The number of fused-ring (bicyclic) bond motifs is 3. The van der Waals surface area contributed by atoms with E-state index in [1.807, 2.05) is 0 Å². The molecule has 0 aromatic heterocycles. The van der Waals surface area contributed by atoms with Crippen molar-refractivity contribution in [2.75, 3.05) is 26.4 Å². The summed E-state index contributed by atoms with van der Waals surface area (Å²) in [6.07, 6.45) is 0.850. The Kier molecular flexibility index (Phi) is 3.50. The van der Waals surface area contributed by atoms with Crippen LogP contribution in [0.1, 0.15) is 23.2 Å². The van der Waals surface area contributed by atoms with E-state index in [2.05, 4.69) is 0 Å². The van der Waals surface area contributed by atoms with E-state index in [9.17, 15) is 13.2 Å². The first-order chi connectivity index (χ1) is 10.1. The van der Waals surface area contributed by atoms with Gasteiger partial charge in [0.15, 0.2) is 11.5 Å². The van der Waals surface area contributed by atoms with Gasteiger partial charge in [0.05, 0.1) is 0 Å². The van der Waals surface area contributed by atoms with Crippen molar-refractivity contribution in [3.63, 3.8) is 0 Å². The number of hydrogen-bond donors (Lipinski definition) is 1. The second-order valence-electron chi connectivity index (χ2n) is 4.78. The van der Waals surface area contributed by atoms with Gasteiger partial charge >= 0.3 is 0 Å². The van der Waals surface area contributed by atoms with Crippen molar-refractivity contribution >= 4 is 15.9 Å². The Morgan fingerprint density at radius 2 is 1.95 bits per heavy atom. The van der Waals surface area contributed by atoms with Crippen molar-refractivity contribution in [1.29, 1.82) is 0 Å². The van der Waals surface area contributed by atoms with Gasteiger partial charge < -0.3 is 14.6 Å². The average molecular weight is 313 g/mol. The molecule has 0 fully saturated rings. The number of hydrogen-bond acceptors (Lipinski definition) is 6. The quantitative estimate of drug-likeness (QED) is 0.808. The van der Waals surface area contributed by atoms with Crippen LogP contribution in [-0.2, 0) is 10.0 Å². The van der Waals surface area contributed by atoms with Gasteiger partial charge in [0, 0.05) is 13.2 Å². The smallest absolute Gasteiger partial charge is 0.272 e. The molecule has 2 heterocycles. The number of carbonyl (C=O) groups is 1. The molecule has 114 valence electrons. The number of rotatable bonds is 4. The fourth-order valence-corrected chi connectivity index (χ4v) is 4.05. The highest BCUT2D eigenvalue weighted by Crippen LogP contribution is 2.43. The van der Waals surface area contributed by atoms with Crippen LogP contribution in [0.15, 0.2) is 17.0 Å². The van der Waals surface area contributed by atoms with Gasteiger partial charge in [-0.3, -0.25) is 4.79 Å². The van der Waals surface area contributed by atoms with Crippen LogP contribution >= 0.6 is 0 Å². The predicted molar refractivity (Wildman–Crippen MR) is 72.0 cm³/mol. The van der Waals surface area contributed by atoms with Crippen LogP contribution in [0.2, 0.25) is 0 Å². The molecule has 0 bridgehead atoms. The zero-order chi connectivity index (χ0) is 15.0. The number of ether oxygens (including phenoxy) is 2. The number of amides is 1. The normalized spacial score (nSPS) is 18.7. The molecular weight excluding hydrogens is 298 g/mol. The Labute approximate surface area is 122 Å². The summed E-state index contributed by atoms with van der Waals surface area (Å²) in [5.41, 5.74) is 0.0520. The van der Waals surface area contributed by atoms with Crippen molar-refractivity contribution in [2.45, 2.75) is 17.7 Å². The van der Waals surface area contributed by atoms with E-state index in [4.69, 9.17) is 14.6 Å². The summed E-state index contributed by atoms with van der Waals surface area (Å²) in [6, 6.07) is 2.89. The van der Waals surface area contributed by atoms with E-state index in [0.717, 1.165) is 4.31 Å². The summed E-state index contributed by atoms with van der Waals surface area (Å²) in [4.78, 5) is 12.4. The summed E-state index contributed by atoms with van der Waals surface area (Å²) >= 11 is 0. The Morgan fingerprint density at radius 1 is 1.19 bits per heavy atom. The van der Waals surface area contributed by atoms with Crippen LogP contribution in [0.3, 0.4) is 0 Å². The average Bonchev–Trinajstić information content (AvgIpc) is 2.68. The topological polar surface area (TPSA) is 93.1 Å². The monoisotopic (exact) mass is 313 g/mol. The SMILES string of the molecule is O=C1c2c(ccc3c2OCCO3)S(=O)(=O)N1CCCCO. The number of sulfonamides is 1. The number of unbranched alkanes of at least 4 members (excludes halogenated alkanes) is 1. The third kappa shape index (κ3) is 2.14. The summed E-state index contributed by atoms with van der Waals surface area (Å²) < 4.78 is 36.5. The molecule has 1 aromatic rings. The first kappa shape index (κ1) is 14.2. The highest BCUT2D eigenvalue weighted by molar-refractivity contribution is 7.90. The molecule has 0 saturated carbocycles. The Hall–Kier alpha value is -1.80. The third-order valence-corrected chi connectivity index (χ3v) is 5.27. The van der Waals surface area contributed by atoms with Gasteiger partial charge in [0.1, 0.15) is 23.7 Å². The molecule has 0 aliphatic carbocycles. The Bertz CT molecular complexity index is 684. The summed E-state index contributed by atoms with van der Waals surface area (Å²) in [5.74, 6) is 0.00281. The number of nitrogens with zero attached hydrogens (tertiary/aromatic N) is 1. The number of carbonyl (C=O) groups excluding carboxylic acids is 1. The lowest BCUT2D eigenvalue weighted by Gasteiger charge is -2.19. The van der Waals surface area contributed by atoms with Crippen LogP contribution < -0.4 is 9.47 Å². The molecular formula is C13H15NO6S. The Balaban J connectivity index is 2.03. The maximum absolute atomic E-state index is 12.4. The largest absolute Gasteiger partial charge is 0.486 e. The summed E-state index contributed by atoms with van der Waals surface area (Å²) in [7, 11) is -3.84. The molecule has 0 atom stereocenters. The van der Waals surface area contributed by atoms with E-state index in [0.29, 0.717) is 25.2 Å². The van der Waals surface area contributed by atoms with Gasteiger partial charge in [-0.25, -0.2) is 12.7 Å². The molecule has 1 aromatic carbocycles. The maximum atomic E-state index is 12.4. The summed E-state index contributed by atoms with van der Waals surface area (Å²) in [6.45, 7) is 0.654. The number of benzene rings is 1. The number of aliphatic hydroxyl groups is 1. The minimum Gasteiger partial charge on any atom is -0.486 e. The molecule has 1 amide bonds. The van der Waals surface area contributed by atoms with Gasteiger partial charge in [0.25, 0.3) is 15.9 Å². The minimum atomic E-state index is -3.84. The molecule has 2 aliphatic rings. The molecule has 2 aliphatic heterocycles. The van der Waals surface area contributed by atoms with Crippen molar-refractivity contribution in [3.8, 4) is 11.5 Å². The van der Waals surface area contributed by atoms with Gasteiger partial charge in [-0.15, -0.1) is 0 Å². The van der Waals surface area contributed by atoms with Gasteiger partial charge in [-0.1, -0.05) is 0 Å². The third-order valence-electron chi connectivity index (χ3n) is 3.45. The first-order valence-electron chi connectivity index (χ1n) is 6.68. The van der Waals surface area contributed by atoms with Crippen molar-refractivity contribution in [2.24, 2.45) is 0 Å². The molecule has 0 radical (unpaired) electrons. The van der Waals surface area contributed by atoms with Crippen LogP contribution in [0.4, 0.5) is 0 Å². The maximum Gasteiger partial charge on any atom is 0.272 e. The van der Waals surface area contributed by atoms with Crippen LogP contribution in [-0.4, -0.2) is 50.1 Å². The van der Waals surface area contributed by atoms with E-state index in [1.165, 1.54) is 12.1 Å². The minimum absolute atomic E-state index is 0.0403. The van der Waals surface area contributed by atoms with Crippen LogP contribution in [0.25, 0.3) is 0 Å². The molecule has 0 unspecified atom stereocenters. The van der Waals surface area contributed by atoms with Crippen molar-refractivity contribution in [3.05, 3.63) is 17.7 Å². The lowest BCUT2D eigenvalue weighted by Crippen LogP contribution is -2.31. The molecule has 8 heteroatoms. The molecule has 3 rings (SSSR count). The second-order valence-corrected chi connectivity index (χ2v) is 6.61. The van der Waals surface area contributed by atoms with Crippen molar-refractivity contribution in [1.82, 2.24) is 4.31 Å². The molecule has 7 nitrogen and oxygen atoms in total. The van der Waals surface area contributed by atoms with Gasteiger partial charge in [0.2, 0.25) is 0 Å². The highest BCUT2D eigenvalue weighted by atomic mass is 32.2. The van der Waals surface area contributed by atoms with Crippen LogP contribution in [0.5, 0.6) is 11.5 Å². The highest BCUT2D eigenvalue weighted by Gasteiger charge is 2.44.